The van der Waals surface area contributed by atoms with Gasteiger partial charge in [-0.3, -0.25) is 9.59 Å². The Balaban J connectivity index is 2.77. The lowest BCUT2D eigenvalue weighted by atomic mass is 9.99. The molecule has 0 bridgehead atoms. The van der Waals surface area contributed by atoms with E-state index >= 15 is 0 Å². The normalized spacial score (nSPS) is 10.2. The van der Waals surface area contributed by atoms with Gasteiger partial charge in [-0.25, -0.2) is 0 Å². The van der Waals surface area contributed by atoms with Crippen molar-refractivity contribution >= 4 is 11.6 Å². The Hall–Kier alpha value is -1.48. The molecule has 3 heteroatoms. The highest BCUT2D eigenvalue weighted by atomic mass is 16.5. The van der Waals surface area contributed by atoms with E-state index < -0.39 is 0 Å². The number of ether oxygens (including phenoxy) is 1. The fourth-order valence-corrected chi connectivity index (χ4v) is 1.61. The van der Waals surface area contributed by atoms with Crippen LogP contribution in [0.3, 0.4) is 0 Å². The second kappa shape index (κ2) is 5.56. The molecule has 1 aromatic rings. The van der Waals surface area contributed by atoms with Crippen molar-refractivity contribution in [2.75, 3.05) is 13.7 Å². The molecule has 86 valence electrons. The SMILES string of the molecule is COCC(=O)CC(=O)c1ccc(C)cc1C. The summed E-state index contributed by atoms with van der Waals surface area (Å²) in [5.74, 6) is -0.327. The first-order valence-electron chi connectivity index (χ1n) is 5.15. The second-order valence-corrected chi connectivity index (χ2v) is 3.89. The fourth-order valence-electron chi connectivity index (χ4n) is 1.61. The quantitative estimate of drug-likeness (QED) is 0.563. The summed E-state index contributed by atoms with van der Waals surface area (Å²) in [4.78, 5) is 23.0. The number of benzene rings is 1. The summed E-state index contributed by atoms with van der Waals surface area (Å²) in [6.07, 6.45) is -0.0856. The van der Waals surface area contributed by atoms with E-state index in [2.05, 4.69) is 4.74 Å². The van der Waals surface area contributed by atoms with Crippen LogP contribution < -0.4 is 0 Å². The van der Waals surface area contributed by atoms with Gasteiger partial charge in [0.15, 0.2) is 11.6 Å². The molecule has 0 fully saturated rings. The van der Waals surface area contributed by atoms with Gasteiger partial charge in [-0.05, 0) is 19.4 Å². The van der Waals surface area contributed by atoms with Gasteiger partial charge >= 0.3 is 0 Å². The monoisotopic (exact) mass is 220 g/mol. The van der Waals surface area contributed by atoms with Crippen molar-refractivity contribution in [3.8, 4) is 0 Å². The average Bonchev–Trinajstić information content (AvgIpc) is 2.17. The molecule has 0 N–H and O–H groups in total. The Morgan fingerprint density at radius 1 is 1.25 bits per heavy atom. The number of rotatable bonds is 5. The molecule has 0 amide bonds. The van der Waals surface area contributed by atoms with E-state index in [0.29, 0.717) is 5.56 Å². The lowest BCUT2D eigenvalue weighted by Crippen LogP contribution is -2.13. The fraction of sp³-hybridized carbons (Fsp3) is 0.385. The Kier molecular flexibility index (Phi) is 4.38. The van der Waals surface area contributed by atoms with E-state index in [0.717, 1.165) is 11.1 Å². The van der Waals surface area contributed by atoms with Crippen molar-refractivity contribution in [3.63, 3.8) is 0 Å². The highest BCUT2D eigenvalue weighted by Gasteiger charge is 2.13. The van der Waals surface area contributed by atoms with Gasteiger partial charge in [0.05, 0.1) is 6.42 Å². The number of methoxy groups -OCH3 is 1. The van der Waals surface area contributed by atoms with Gasteiger partial charge in [0, 0.05) is 12.7 Å². The topological polar surface area (TPSA) is 43.4 Å². The molecule has 0 radical (unpaired) electrons. The van der Waals surface area contributed by atoms with Crippen molar-refractivity contribution < 1.29 is 14.3 Å². The summed E-state index contributed by atoms with van der Waals surface area (Å²) in [7, 11) is 1.44. The largest absolute Gasteiger partial charge is 0.377 e. The van der Waals surface area contributed by atoms with Gasteiger partial charge < -0.3 is 4.74 Å². The predicted octanol–water partition coefficient (Wildman–Crippen LogP) is 2.09. The van der Waals surface area contributed by atoms with Gasteiger partial charge in [-0.2, -0.15) is 0 Å². The highest BCUT2D eigenvalue weighted by molar-refractivity contribution is 6.09. The molecule has 0 saturated carbocycles. The van der Waals surface area contributed by atoms with Gasteiger partial charge in [-0.1, -0.05) is 23.8 Å². The van der Waals surface area contributed by atoms with Crippen LogP contribution in [0.5, 0.6) is 0 Å². The number of carbonyl (C=O) groups excluding carboxylic acids is 2. The Bertz CT molecular complexity index is 408. The second-order valence-electron chi connectivity index (χ2n) is 3.89. The highest BCUT2D eigenvalue weighted by Crippen LogP contribution is 2.12. The Labute approximate surface area is 95.4 Å². The van der Waals surface area contributed by atoms with Crippen molar-refractivity contribution in [1.29, 1.82) is 0 Å². The van der Waals surface area contributed by atoms with E-state index in [4.69, 9.17) is 0 Å². The molecular weight excluding hydrogens is 204 g/mol. The average molecular weight is 220 g/mol. The van der Waals surface area contributed by atoms with Crippen LogP contribution in [-0.4, -0.2) is 25.3 Å². The third kappa shape index (κ3) is 3.28. The summed E-state index contributed by atoms with van der Waals surface area (Å²) in [6, 6.07) is 5.59. The van der Waals surface area contributed by atoms with E-state index in [1.807, 2.05) is 26.0 Å². The number of hydrogen-bond donors (Lipinski definition) is 0. The lowest BCUT2D eigenvalue weighted by molar-refractivity contribution is -0.121. The zero-order valence-corrected chi connectivity index (χ0v) is 9.87. The van der Waals surface area contributed by atoms with Crippen LogP contribution >= 0.6 is 0 Å². The molecule has 0 unspecified atom stereocenters. The van der Waals surface area contributed by atoms with Crippen LogP contribution in [0.25, 0.3) is 0 Å². The maximum Gasteiger partial charge on any atom is 0.170 e. The molecule has 0 spiro atoms. The zero-order valence-electron chi connectivity index (χ0n) is 9.87. The van der Waals surface area contributed by atoms with Crippen LogP contribution in [0, 0.1) is 13.8 Å². The van der Waals surface area contributed by atoms with Crippen molar-refractivity contribution in [2.45, 2.75) is 20.3 Å². The molecular formula is C13H16O3. The van der Waals surface area contributed by atoms with Crippen molar-refractivity contribution in [2.24, 2.45) is 0 Å². The summed E-state index contributed by atoms with van der Waals surface area (Å²) in [5, 5.41) is 0. The molecule has 0 aliphatic heterocycles. The Morgan fingerprint density at radius 3 is 2.50 bits per heavy atom. The van der Waals surface area contributed by atoms with Crippen LogP contribution in [-0.2, 0) is 9.53 Å². The third-order valence-corrected chi connectivity index (χ3v) is 2.35. The standard InChI is InChI=1S/C13H16O3/c1-9-4-5-12(10(2)6-9)13(15)7-11(14)8-16-3/h4-6H,7-8H2,1-3H3. The molecule has 0 heterocycles. The van der Waals surface area contributed by atoms with Crippen LogP contribution in [0.15, 0.2) is 18.2 Å². The first-order valence-corrected chi connectivity index (χ1v) is 5.15. The number of ketones is 2. The van der Waals surface area contributed by atoms with Gasteiger partial charge in [0.25, 0.3) is 0 Å². The minimum Gasteiger partial charge on any atom is -0.377 e. The molecule has 0 aliphatic rings. The summed E-state index contributed by atoms with van der Waals surface area (Å²) >= 11 is 0. The summed E-state index contributed by atoms with van der Waals surface area (Å²) in [6.45, 7) is 3.84. The zero-order chi connectivity index (χ0) is 12.1. The van der Waals surface area contributed by atoms with Gasteiger partial charge in [-0.15, -0.1) is 0 Å². The first kappa shape index (κ1) is 12.6. The molecule has 3 nitrogen and oxygen atoms in total. The van der Waals surface area contributed by atoms with E-state index in [1.165, 1.54) is 7.11 Å². The number of Topliss-reactive ketones (excluding diaryl/α,β-unsaturated/α-hetero) is 2. The molecule has 0 saturated heterocycles. The first-order chi connectivity index (χ1) is 7.54. The lowest BCUT2D eigenvalue weighted by Gasteiger charge is -2.05. The van der Waals surface area contributed by atoms with Crippen molar-refractivity contribution in [3.05, 3.63) is 34.9 Å². The summed E-state index contributed by atoms with van der Waals surface area (Å²) < 4.78 is 4.69. The maximum atomic E-state index is 11.8. The molecule has 0 aromatic heterocycles. The van der Waals surface area contributed by atoms with Crippen molar-refractivity contribution in [1.82, 2.24) is 0 Å². The third-order valence-electron chi connectivity index (χ3n) is 2.35. The smallest absolute Gasteiger partial charge is 0.170 e. The number of carbonyl (C=O) groups is 2. The minimum atomic E-state index is -0.188. The molecule has 1 aromatic carbocycles. The summed E-state index contributed by atoms with van der Waals surface area (Å²) in [5.41, 5.74) is 2.64. The molecule has 16 heavy (non-hydrogen) atoms. The van der Waals surface area contributed by atoms with Gasteiger partial charge in [0.1, 0.15) is 6.61 Å². The molecule has 1 rings (SSSR count). The van der Waals surface area contributed by atoms with Gasteiger partial charge in [0.2, 0.25) is 0 Å². The van der Waals surface area contributed by atoms with Crippen LogP contribution in [0.2, 0.25) is 0 Å². The number of hydrogen-bond acceptors (Lipinski definition) is 3. The van der Waals surface area contributed by atoms with Crippen LogP contribution in [0.1, 0.15) is 27.9 Å². The number of aryl methyl sites for hydroxylation is 2. The predicted molar refractivity (Wildman–Crippen MR) is 61.7 cm³/mol. The molecule has 0 atom stereocenters. The van der Waals surface area contributed by atoms with E-state index in [1.54, 1.807) is 6.07 Å². The Morgan fingerprint density at radius 2 is 1.94 bits per heavy atom. The van der Waals surface area contributed by atoms with Crippen LogP contribution in [0.4, 0.5) is 0 Å². The minimum absolute atomic E-state index is 0.00332. The maximum absolute atomic E-state index is 11.8. The molecule has 0 aliphatic carbocycles. The van der Waals surface area contributed by atoms with E-state index in [9.17, 15) is 9.59 Å². The van der Waals surface area contributed by atoms with E-state index in [-0.39, 0.29) is 24.6 Å².